The molecule has 0 aromatic carbocycles. The van der Waals surface area contributed by atoms with E-state index in [1.807, 2.05) is 31.4 Å². The first-order valence-corrected chi connectivity index (χ1v) is 13.8. The largest absolute Gasteiger partial charge is 0.350 e. The van der Waals surface area contributed by atoms with Crippen molar-refractivity contribution in [3.05, 3.63) is 28.2 Å². The minimum Gasteiger partial charge on any atom is -0.350 e. The van der Waals surface area contributed by atoms with Crippen molar-refractivity contribution >= 4 is 45.9 Å². The Labute approximate surface area is 209 Å². The Balaban J connectivity index is 1.86. The van der Waals surface area contributed by atoms with Crippen LogP contribution in [0, 0.1) is 5.92 Å². The SMILES string of the molecule is CCCCCC=CC1CC(=O)NCc2nc(cs2)C2=NC(C)(CS2)C(=O)NC(C(C)C)C(=O)N1. The minimum absolute atomic E-state index is 0.118. The molecule has 1 aromatic heterocycles. The second kappa shape index (κ2) is 12.0. The third-order valence-electron chi connectivity index (χ3n) is 5.85. The zero-order valence-electron chi connectivity index (χ0n) is 20.3. The molecule has 4 bridgehead atoms. The molecular weight excluding hydrogens is 470 g/mol. The first kappa shape index (κ1) is 26.4. The van der Waals surface area contributed by atoms with Crippen LogP contribution in [-0.4, -0.2) is 51.1 Å². The summed E-state index contributed by atoms with van der Waals surface area (Å²) in [4.78, 5) is 48.3. The number of amides is 3. The maximum atomic E-state index is 13.2. The van der Waals surface area contributed by atoms with Gasteiger partial charge in [-0.2, -0.15) is 0 Å². The summed E-state index contributed by atoms with van der Waals surface area (Å²) in [5.74, 6) is -0.401. The van der Waals surface area contributed by atoms with Gasteiger partial charge in [-0.05, 0) is 25.7 Å². The molecule has 3 amide bonds. The monoisotopic (exact) mass is 505 g/mol. The van der Waals surface area contributed by atoms with Crippen molar-refractivity contribution in [3.8, 4) is 0 Å². The first-order valence-electron chi connectivity index (χ1n) is 11.9. The molecule has 0 radical (unpaired) electrons. The highest BCUT2D eigenvalue weighted by Gasteiger charge is 2.41. The van der Waals surface area contributed by atoms with Crippen LogP contribution in [0.4, 0.5) is 0 Å². The van der Waals surface area contributed by atoms with Crippen LogP contribution >= 0.6 is 23.1 Å². The standard InChI is InChI=1S/C24H35N5O3S2/c1-5-6-7-8-9-10-16-11-18(30)25-12-19-27-17(13-33-19)22-29-24(4,14-34-22)23(32)28-20(15(2)3)21(31)26-16/h9-10,13,15-16,20H,5-8,11-12,14H2,1-4H3,(H,25,30)(H,26,31)(H,28,32). The lowest BCUT2D eigenvalue weighted by Gasteiger charge is -2.27. The van der Waals surface area contributed by atoms with Gasteiger partial charge in [-0.3, -0.25) is 19.4 Å². The molecule has 186 valence electrons. The van der Waals surface area contributed by atoms with E-state index in [9.17, 15) is 14.4 Å². The Kier molecular flexibility index (Phi) is 9.30. The molecule has 0 saturated heterocycles. The molecule has 0 saturated carbocycles. The van der Waals surface area contributed by atoms with Crippen molar-refractivity contribution in [3.63, 3.8) is 0 Å². The average Bonchev–Trinajstić information content (AvgIpc) is 3.42. The number of allylic oxidation sites excluding steroid dienone is 1. The highest BCUT2D eigenvalue weighted by molar-refractivity contribution is 8.14. The predicted octanol–water partition coefficient (Wildman–Crippen LogP) is 3.18. The molecule has 3 rings (SSSR count). The normalized spacial score (nSPS) is 26.4. The molecule has 2 aliphatic rings. The second-order valence-corrected chi connectivity index (χ2v) is 11.2. The lowest BCUT2D eigenvalue weighted by molar-refractivity contribution is -0.132. The molecule has 34 heavy (non-hydrogen) atoms. The first-order chi connectivity index (χ1) is 16.2. The van der Waals surface area contributed by atoms with E-state index in [1.54, 1.807) is 6.92 Å². The molecule has 3 atom stereocenters. The smallest absolute Gasteiger partial charge is 0.249 e. The summed E-state index contributed by atoms with van der Waals surface area (Å²) in [6.45, 7) is 8.04. The van der Waals surface area contributed by atoms with Crippen LogP contribution in [-0.2, 0) is 20.9 Å². The quantitative estimate of drug-likeness (QED) is 0.406. The van der Waals surface area contributed by atoms with Gasteiger partial charge in [-0.15, -0.1) is 23.1 Å². The molecule has 0 aliphatic carbocycles. The van der Waals surface area contributed by atoms with Gasteiger partial charge < -0.3 is 16.0 Å². The van der Waals surface area contributed by atoms with Crippen molar-refractivity contribution in [1.82, 2.24) is 20.9 Å². The molecule has 0 fully saturated rings. The maximum absolute atomic E-state index is 13.2. The van der Waals surface area contributed by atoms with Gasteiger partial charge in [0.05, 0.1) is 19.0 Å². The fourth-order valence-electron chi connectivity index (χ4n) is 3.73. The van der Waals surface area contributed by atoms with E-state index in [0.29, 0.717) is 23.0 Å². The van der Waals surface area contributed by atoms with Crippen LogP contribution in [0.3, 0.4) is 0 Å². The Morgan fingerprint density at radius 1 is 1.24 bits per heavy atom. The number of thioether (sulfide) groups is 1. The number of aromatic nitrogens is 1. The maximum Gasteiger partial charge on any atom is 0.249 e. The molecule has 1 aromatic rings. The van der Waals surface area contributed by atoms with Gasteiger partial charge in [0, 0.05) is 11.1 Å². The fourth-order valence-corrected chi connectivity index (χ4v) is 5.65. The molecule has 3 heterocycles. The van der Waals surface area contributed by atoms with Crippen LogP contribution in [0.15, 0.2) is 22.5 Å². The van der Waals surface area contributed by atoms with Crippen LogP contribution in [0.2, 0.25) is 0 Å². The third-order valence-corrected chi connectivity index (χ3v) is 7.98. The van der Waals surface area contributed by atoms with Gasteiger partial charge in [-0.25, -0.2) is 4.98 Å². The lowest BCUT2D eigenvalue weighted by Crippen LogP contribution is -2.56. The summed E-state index contributed by atoms with van der Waals surface area (Å²) < 4.78 is 0. The molecule has 8 nitrogen and oxygen atoms in total. The molecule has 3 N–H and O–H groups in total. The fraction of sp³-hybridized carbons (Fsp3) is 0.625. The number of nitrogens with zero attached hydrogens (tertiary/aromatic N) is 2. The van der Waals surface area contributed by atoms with Crippen LogP contribution < -0.4 is 16.0 Å². The lowest BCUT2D eigenvalue weighted by atomic mass is 9.99. The number of hydrogen-bond donors (Lipinski definition) is 3. The number of carbonyl (C=O) groups excluding carboxylic acids is 3. The van der Waals surface area contributed by atoms with E-state index in [4.69, 9.17) is 0 Å². The van der Waals surface area contributed by atoms with E-state index < -0.39 is 17.6 Å². The van der Waals surface area contributed by atoms with Gasteiger partial charge in [0.1, 0.15) is 27.3 Å². The number of nitrogens with one attached hydrogen (secondary N) is 3. The van der Waals surface area contributed by atoms with Crippen LogP contribution in [0.1, 0.15) is 70.5 Å². The van der Waals surface area contributed by atoms with E-state index >= 15 is 0 Å². The number of carbonyl (C=O) groups is 3. The van der Waals surface area contributed by atoms with Crippen LogP contribution in [0.25, 0.3) is 0 Å². The summed E-state index contributed by atoms with van der Waals surface area (Å²) >= 11 is 2.93. The van der Waals surface area contributed by atoms with Crippen molar-refractivity contribution < 1.29 is 14.4 Å². The Morgan fingerprint density at radius 2 is 2.03 bits per heavy atom. The molecule has 0 spiro atoms. The van der Waals surface area contributed by atoms with Gasteiger partial charge in [-0.1, -0.05) is 45.8 Å². The number of fused-ring (bicyclic) bond motifs is 4. The van der Waals surface area contributed by atoms with Crippen molar-refractivity contribution in [2.24, 2.45) is 10.9 Å². The van der Waals surface area contributed by atoms with Crippen LogP contribution in [0.5, 0.6) is 0 Å². The number of hydrogen-bond acceptors (Lipinski definition) is 7. The number of aliphatic imine (C=N–C) groups is 1. The van der Waals surface area contributed by atoms with E-state index in [2.05, 4.69) is 32.9 Å². The summed E-state index contributed by atoms with van der Waals surface area (Å²) in [6.07, 6.45) is 8.26. The minimum atomic E-state index is -0.971. The predicted molar refractivity (Wildman–Crippen MR) is 138 cm³/mol. The van der Waals surface area contributed by atoms with Crippen molar-refractivity contribution in [1.29, 1.82) is 0 Å². The molecule has 2 aliphatic heterocycles. The zero-order chi connectivity index (χ0) is 24.7. The van der Waals surface area contributed by atoms with Gasteiger partial charge in [0.25, 0.3) is 0 Å². The van der Waals surface area contributed by atoms with E-state index in [0.717, 1.165) is 30.7 Å². The topological polar surface area (TPSA) is 113 Å². The summed E-state index contributed by atoms with van der Waals surface area (Å²) in [6, 6.07) is -1.19. The average molecular weight is 506 g/mol. The summed E-state index contributed by atoms with van der Waals surface area (Å²) in [5.41, 5.74) is -0.255. The number of rotatable bonds is 6. The summed E-state index contributed by atoms with van der Waals surface area (Å²) in [7, 11) is 0. The highest BCUT2D eigenvalue weighted by atomic mass is 32.2. The highest BCUT2D eigenvalue weighted by Crippen LogP contribution is 2.32. The molecule has 10 heteroatoms. The number of thiazole rings is 1. The van der Waals surface area contributed by atoms with Gasteiger partial charge in [0.15, 0.2) is 0 Å². The molecular formula is C24H35N5O3S2. The second-order valence-electron chi connectivity index (χ2n) is 9.32. The van der Waals surface area contributed by atoms with Gasteiger partial charge >= 0.3 is 0 Å². The van der Waals surface area contributed by atoms with Gasteiger partial charge in [0.2, 0.25) is 17.7 Å². The Bertz CT molecular complexity index is 958. The van der Waals surface area contributed by atoms with Crippen molar-refractivity contribution in [2.75, 3.05) is 5.75 Å². The molecule has 3 unspecified atom stereocenters. The number of unbranched alkanes of at least 4 members (excludes halogenated alkanes) is 3. The van der Waals surface area contributed by atoms with E-state index in [1.165, 1.54) is 23.1 Å². The summed E-state index contributed by atoms with van der Waals surface area (Å²) in [5, 5.41) is 12.2. The Hall–Kier alpha value is -2.20. The Morgan fingerprint density at radius 3 is 2.76 bits per heavy atom. The van der Waals surface area contributed by atoms with Crippen molar-refractivity contribution in [2.45, 2.75) is 84.0 Å². The third kappa shape index (κ3) is 6.91. The van der Waals surface area contributed by atoms with E-state index in [-0.39, 0.29) is 30.1 Å². The zero-order valence-corrected chi connectivity index (χ0v) is 22.0.